The standard InChI is InChI=1S/C19H19N3O2/c1-13-7-14(2)9-16(8-13)19(23)22-6-4-17(12-22)24-18-10-15(11-20)3-5-21-18/h3,5,7-10,17H,4,6,12H2,1-2H3. The van der Waals surface area contributed by atoms with Gasteiger partial charge in [0.1, 0.15) is 6.10 Å². The maximum Gasteiger partial charge on any atom is 0.254 e. The van der Waals surface area contributed by atoms with Gasteiger partial charge in [-0.15, -0.1) is 0 Å². The summed E-state index contributed by atoms with van der Waals surface area (Å²) in [5, 5.41) is 8.92. The summed E-state index contributed by atoms with van der Waals surface area (Å²) in [7, 11) is 0. The van der Waals surface area contributed by atoms with Gasteiger partial charge in [-0.2, -0.15) is 5.26 Å². The molecule has 1 atom stereocenters. The van der Waals surface area contributed by atoms with Crippen molar-refractivity contribution in [3.63, 3.8) is 0 Å². The Kier molecular flexibility index (Phi) is 4.48. The molecule has 1 aliphatic rings. The van der Waals surface area contributed by atoms with E-state index >= 15 is 0 Å². The Morgan fingerprint density at radius 3 is 2.75 bits per heavy atom. The van der Waals surface area contributed by atoms with Crippen LogP contribution in [0, 0.1) is 25.2 Å². The lowest BCUT2D eigenvalue weighted by atomic mass is 10.1. The SMILES string of the molecule is Cc1cc(C)cc(C(=O)N2CCC(Oc3cc(C#N)ccn3)C2)c1. The number of rotatable bonds is 3. The molecule has 0 radical (unpaired) electrons. The van der Waals surface area contributed by atoms with E-state index in [1.807, 2.05) is 30.9 Å². The Bertz CT molecular complexity index is 790. The number of nitriles is 1. The molecule has 5 heteroatoms. The van der Waals surface area contributed by atoms with E-state index in [0.29, 0.717) is 24.5 Å². The van der Waals surface area contributed by atoms with Crippen LogP contribution < -0.4 is 4.74 Å². The number of carbonyl (C=O) groups is 1. The molecule has 24 heavy (non-hydrogen) atoms. The maximum absolute atomic E-state index is 12.7. The molecule has 1 aromatic carbocycles. The van der Waals surface area contributed by atoms with Gasteiger partial charge < -0.3 is 9.64 Å². The van der Waals surface area contributed by atoms with Crippen molar-refractivity contribution in [1.29, 1.82) is 5.26 Å². The van der Waals surface area contributed by atoms with Gasteiger partial charge in [0.15, 0.2) is 0 Å². The van der Waals surface area contributed by atoms with Gasteiger partial charge in [0, 0.05) is 30.8 Å². The summed E-state index contributed by atoms with van der Waals surface area (Å²) >= 11 is 0. The first-order valence-corrected chi connectivity index (χ1v) is 7.95. The van der Waals surface area contributed by atoms with Gasteiger partial charge in [0.25, 0.3) is 5.91 Å². The van der Waals surface area contributed by atoms with Crippen molar-refractivity contribution in [3.05, 3.63) is 58.8 Å². The van der Waals surface area contributed by atoms with E-state index in [4.69, 9.17) is 10.00 Å². The van der Waals surface area contributed by atoms with Crippen LogP contribution in [0.4, 0.5) is 0 Å². The molecule has 2 heterocycles. The molecule has 0 spiro atoms. The number of likely N-dealkylation sites (tertiary alicyclic amines) is 1. The zero-order valence-corrected chi connectivity index (χ0v) is 13.8. The number of hydrogen-bond acceptors (Lipinski definition) is 4. The second-order valence-corrected chi connectivity index (χ2v) is 6.15. The molecule has 0 aliphatic carbocycles. The molecule has 3 rings (SSSR count). The number of pyridine rings is 1. The average Bonchev–Trinajstić information content (AvgIpc) is 3.02. The maximum atomic E-state index is 12.7. The van der Waals surface area contributed by atoms with Gasteiger partial charge in [-0.1, -0.05) is 17.2 Å². The van der Waals surface area contributed by atoms with Crippen molar-refractivity contribution < 1.29 is 9.53 Å². The second-order valence-electron chi connectivity index (χ2n) is 6.15. The third-order valence-corrected chi connectivity index (χ3v) is 4.05. The molecule has 1 aliphatic heterocycles. The van der Waals surface area contributed by atoms with Gasteiger partial charge in [-0.05, 0) is 32.0 Å². The first-order chi connectivity index (χ1) is 11.5. The Hall–Kier alpha value is -2.87. The molecule has 1 unspecified atom stereocenters. The van der Waals surface area contributed by atoms with Crippen molar-refractivity contribution in [2.45, 2.75) is 26.4 Å². The van der Waals surface area contributed by atoms with Gasteiger partial charge in [-0.25, -0.2) is 4.98 Å². The second kappa shape index (κ2) is 6.71. The van der Waals surface area contributed by atoms with Crippen LogP contribution >= 0.6 is 0 Å². The summed E-state index contributed by atoms with van der Waals surface area (Å²) in [5.41, 5.74) is 3.41. The topological polar surface area (TPSA) is 66.2 Å². The average molecular weight is 321 g/mol. The fraction of sp³-hybridized carbons (Fsp3) is 0.316. The van der Waals surface area contributed by atoms with Crippen LogP contribution in [0.5, 0.6) is 5.88 Å². The molecule has 2 aromatic rings. The monoisotopic (exact) mass is 321 g/mol. The fourth-order valence-electron chi connectivity index (χ4n) is 3.00. The highest BCUT2D eigenvalue weighted by Crippen LogP contribution is 2.20. The van der Waals surface area contributed by atoms with Gasteiger partial charge >= 0.3 is 0 Å². The van der Waals surface area contributed by atoms with E-state index in [9.17, 15) is 4.79 Å². The molecule has 0 bridgehead atoms. The summed E-state index contributed by atoms with van der Waals surface area (Å²) in [5.74, 6) is 0.464. The fourth-order valence-corrected chi connectivity index (χ4v) is 3.00. The van der Waals surface area contributed by atoms with E-state index < -0.39 is 0 Å². The number of hydrogen-bond donors (Lipinski definition) is 0. The van der Waals surface area contributed by atoms with E-state index in [2.05, 4.69) is 17.1 Å². The minimum Gasteiger partial charge on any atom is -0.472 e. The van der Waals surface area contributed by atoms with Crippen molar-refractivity contribution in [1.82, 2.24) is 9.88 Å². The summed E-state index contributed by atoms with van der Waals surface area (Å²) in [6, 6.07) is 11.2. The first kappa shape index (κ1) is 16.0. The zero-order chi connectivity index (χ0) is 17.1. The van der Waals surface area contributed by atoms with Crippen LogP contribution in [0.15, 0.2) is 36.5 Å². The highest BCUT2D eigenvalue weighted by molar-refractivity contribution is 5.94. The Balaban J connectivity index is 1.66. The Morgan fingerprint density at radius 1 is 1.29 bits per heavy atom. The van der Waals surface area contributed by atoms with Crippen LogP contribution in [-0.4, -0.2) is 35.0 Å². The van der Waals surface area contributed by atoms with Crippen LogP contribution in [0.2, 0.25) is 0 Å². The molecular formula is C19H19N3O2. The van der Waals surface area contributed by atoms with E-state index in [0.717, 1.165) is 23.1 Å². The lowest BCUT2D eigenvalue weighted by molar-refractivity contribution is 0.0771. The lowest BCUT2D eigenvalue weighted by Gasteiger charge is -2.17. The lowest BCUT2D eigenvalue weighted by Crippen LogP contribution is -2.31. The summed E-state index contributed by atoms with van der Waals surface area (Å²) in [6.07, 6.45) is 2.22. The number of benzene rings is 1. The highest BCUT2D eigenvalue weighted by Gasteiger charge is 2.28. The highest BCUT2D eigenvalue weighted by atomic mass is 16.5. The quantitative estimate of drug-likeness (QED) is 0.872. The Labute approximate surface area is 141 Å². The minimum atomic E-state index is -0.0960. The number of nitrogens with zero attached hydrogens (tertiary/aromatic N) is 3. The van der Waals surface area contributed by atoms with Gasteiger partial charge in [-0.3, -0.25) is 4.79 Å². The van der Waals surface area contributed by atoms with Crippen LogP contribution in [-0.2, 0) is 0 Å². The number of ether oxygens (including phenoxy) is 1. The molecule has 1 saturated heterocycles. The predicted octanol–water partition coefficient (Wildman–Crippen LogP) is 2.86. The van der Waals surface area contributed by atoms with Gasteiger partial charge in [0.05, 0.1) is 18.2 Å². The number of amides is 1. The van der Waals surface area contributed by atoms with Gasteiger partial charge in [0.2, 0.25) is 5.88 Å². The van der Waals surface area contributed by atoms with E-state index in [-0.39, 0.29) is 12.0 Å². The molecule has 5 nitrogen and oxygen atoms in total. The van der Waals surface area contributed by atoms with Crippen molar-refractivity contribution in [2.75, 3.05) is 13.1 Å². The summed E-state index contributed by atoms with van der Waals surface area (Å²) in [6.45, 7) is 5.18. The molecule has 122 valence electrons. The number of carbonyl (C=O) groups excluding carboxylic acids is 1. The number of aryl methyl sites for hydroxylation is 2. The minimum absolute atomic E-state index is 0.0339. The van der Waals surface area contributed by atoms with Crippen molar-refractivity contribution in [3.8, 4) is 11.9 Å². The molecule has 1 fully saturated rings. The van der Waals surface area contributed by atoms with Crippen LogP contribution in [0.1, 0.15) is 33.5 Å². The molecular weight excluding hydrogens is 302 g/mol. The van der Waals surface area contributed by atoms with Crippen LogP contribution in [0.25, 0.3) is 0 Å². The molecule has 0 saturated carbocycles. The van der Waals surface area contributed by atoms with E-state index in [1.165, 1.54) is 0 Å². The summed E-state index contributed by atoms with van der Waals surface area (Å²) in [4.78, 5) is 18.6. The first-order valence-electron chi connectivity index (χ1n) is 7.95. The Morgan fingerprint density at radius 2 is 2.04 bits per heavy atom. The molecule has 0 N–H and O–H groups in total. The largest absolute Gasteiger partial charge is 0.472 e. The van der Waals surface area contributed by atoms with E-state index in [1.54, 1.807) is 18.3 Å². The van der Waals surface area contributed by atoms with Crippen molar-refractivity contribution in [2.24, 2.45) is 0 Å². The molecule has 1 aromatic heterocycles. The van der Waals surface area contributed by atoms with Crippen LogP contribution in [0.3, 0.4) is 0 Å². The third-order valence-electron chi connectivity index (χ3n) is 4.05. The third kappa shape index (κ3) is 3.54. The normalized spacial score (nSPS) is 16.7. The molecule has 1 amide bonds. The summed E-state index contributed by atoms with van der Waals surface area (Å²) < 4.78 is 5.83. The predicted molar refractivity (Wildman–Crippen MR) is 89.8 cm³/mol. The smallest absolute Gasteiger partial charge is 0.254 e. The zero-order valence-electron chi connectivity index (χ0n) is 13.8. The number of aromatic nitrogens is 1. The van der Waals surface area contributed by atoms with Crippen molar-refractivity contribution >= 4 is 5.91 Å².